The Morgan fingerprint density at radius 2 is 1.87 bits per heavy atom. The van der Waals surface area contributed by atoms with Gasteiger partial charge in [0.15, 0.2) is 15.5 Å². The van der Waals surface area contributed by atoms with Gasteiger partial charge in [-0.3, -0.25) is 4.79 Å². The zero-order valence-corrected chi connectivity index (χ0v) is 18.7. The van der Waals surface area contributed by atoms with Crippen LogP contribution in [0.1, 0.15) is 42.2 Å². The Bertz CT molecular complexity index is 1240. The van der Waals surface area contributed by atoms with Crippen LogP contribution in [0, 0.1) is 6.92 Å². The third-order valence-corrected chi connectivity index (χ3v) is 6.84. The molecule has 0 radical (unpaired) electrons. The van der Waals surface area contributed by atoms with Crippen LogP contribution in [0.2, 0.25) is 0 Å². The highest BCUT2D eigenvalue weighted by Crippen LogP contribution is 2.31. The average Bonchev–Trinajstić information content (AvgIpc) is 2.73. The number of likely N-dealkylation sites (tertiary alicyclic amines) is 1. The number of piperidine rings is 1. The first-order chi connectivity index (χ1) is 14.7. The van der Waals surface area contributed by atoms with E-state index in [1.165, 1.54) is 6.26 Å². The van der Waals surface area contributed by atoms with Crippen LogP contribution in [-0.2, 0) is 9.84 Å². The van der Waals surface area contributed by atoms with E-state index in [0.717, 1.165) is 36.9 Å². The molecule has 1 saturated heterocycles. The summed E-state index contributed by atoms with van der Waals surface area (Å²) in [5, 5.41) is 4.07. The van der Waals surface area contributed by atoms with Crippen LogP contribution in [0.15, 0.2) is 47.5 Å². The molecule has 4 rings (SSSR count). The predicted octanol–water partition coefficient (Wildman–Crippen LogP) is 4.10. The van der Waals surface area contributed by atoms with Gasteiger partial charge in [0.25, 0.3) is 5.91 Å². The molecule has 8 heteroatoms. The number of nitrogens with one attached hydrogen (secondary N) is 1. The highest BCUT2D eigenvalue weighted by Gasteiger charge is 2.27. The normalized spacial score (nSPS) is 17.0. The van der Waals surface area contributed by atoms with E-state index in [1.807, 2.05) is 24.0 Å². The summed E-state index contributed by atoms with van der Waals surface area (Å²) in [5.41, 5.74) is 3.19. The smallest absolute Gasteiger partial charge is 0.257 e. The van der Waals surface area contributed by atoms with E-state index in [2.05, 4.69) is 22.2 Å². The Balaban J connectivity index is 1.79. The molecule has 3 heterocycles. The van der Waals surface area contributed by atoms with Crippen LogP contribution in [0.25, 0.3) is 11.0 Å². The molecule has 0 bridgehead atoms. The molecule has 1 fully saturated rings. The molecule has 162 valence electrons. The number of pyridine rings is 2. The second-order valence-electron chi connectivity index (χ2n) is 8.14. The molecule has 1 aliphatic rings. The lowest BCUT2D eigenvalue weighted by atomic mass is 10.0. The molecule has 31 heavy (non-hydrogen) atoms. The second-order valence-corrected chi connectivity index (χ2v) is 10.2. The fourth-order valence-corrected chi connectivity index (χ4v) is 4.58. The molecule has 1 atom stereocenters. The fourth-order valence-electron chi connectivity index (χ4n) is 3.95. The number of anilines is 2. The van der Waals surface area contributed by atoms with Crippen molar-refractivity contribution in [3.8, 4) is 0 Å². The molecule has 3 aromatic rings. The summed E-state index contributed by atoms with van der Waals surface area (Å²) in [7, 11) is -3.28. The lowest BCUT2D eigenvalue weighted by Crippen LogP contribution is -2.42. The number of aromatic nitrogens is 2. The van der Waals surface area contributed by atoms with Gasteiger partial charge in [0.1, 0.15) is 0 Å². The first-order valence-electron chi connectivity index (χ1n) is 10.4. The molecule has 0 saturated carbocycles. The minimum absolute atomic E-state index is 0.0579. The summed E-state index contributed by atoms with van der Waals surface area (Å²) >= 11 is 0. The summed E-state index contributed by atoms with van der Waals surface area (Å²) in [6, 6.07) is 10.5. The minimum Gasteiger partial charge on any atom is -0.354 e. The van der Waals surface area contributed by atoms with Crippen molar-refractivity contribution in [3.63, 3.8) is 0 Å². The molecule has 1 aromatic carbocycles. The maximum Gasteiger partial charge on any atom is 0.257 e. The number of carbonyl (C=O) groups excluding carboxylic acids is 1. The van der Waals surface area contributed by atoms with Gasteiger partial charge in [0.05, 0.1) is 16.1 Å². The Morgan fingerprint density at radius 1 is 1.13 bits per heavy atom. The maximum atomic E-state index is 13.5. The van der Waals surface area contributed by atoms with E-state index >= 15 is 0 Å². The monoisotopic (exact) mass is 438 g/mol. The number of benzene rings is 1. The van der Waals surface area contributed by atoms with Crippen molar-refractivity contribution >= 4 is 38.2 Å². The number of hydrogen-bond donors (Lipinski definition) is 1. The number of aryl methyl sites for hydroxylation is 1. The molecule has 1 amide bonds. The third kappa shape index (κ3) is 4.39. The van der Waals surface area contributed by atoms with Crippen LogP contribution in [0.5, 0.6) is 0 Å². The first-order valence-corrected chi connectivity index (χ1v) is 12.3. The summed E-state index contributed by atoms with van der Waals surface area (Å²) in [5.74, 6) is -0.0579. The Morgan fingerprint density at radius 3 is 2.55 bits per heavy atom. The molecule has 7 nitrogen and oxygen atoms in total. The predicted molar refractivity (Wildman–Crippen MR) is 121 cm³/mol. The topological polar surface area (TPSA) is 92.3 Å². The zero-order chi connectivity index (χ0) is 22.2. The minimum atomic E-state index is -3.28. The van der Waals surface area contributed by atoms with Gasteiger partial charge in [0.2, 0.25) is 0 Å². The third-order valence-electron chi connectivity index (χ3n) is 5.72. The molecule has 0 spiro atoms. The molecule has 1 N–H and O–H groups in total. The van der Waals surface area contributed by atoms with Gasteiger partial charge in [-0.05, 0) is 69.5 Å². The van der Waals surface area contributed by atoms with Gasteiger partial charge in [-0.15, -0.1) is 0 Å². The first kappa shape index (κ1) is 21.2. The largest absolute Gasteiger partial charge is 0.354 e. The Labute approximate surface area is 182 Å². The van der Waals surface area contributed by atoms with E-state index in [1.54, 1.807) is 30.5 Å². The van der Waals surface area contributed by atoms with Gasteiger partial charge in [-0.25, -0.2) is 18.4 Å². The molecule has 1 aliphatic heterocycles. The van der Waals surface area contributed by atoms with E-state index in [0.29, 0.717) is 22.6 Å². The number of hydrogen-bond acceptors (Lipinski definition) is 6. The highest BCUT2D eigenvalue weighted by atomic mass is 32.2. The molecule has 2 aromatic heterocycles. The summed E-state index contributed by atoms with van der Waals surface area (Å²) < 4.78 is 23.5. The van der Waals surface area contributed by atoms with E-state index < -0.39 is 9.84 Å². The zero-order valence-electron chi connectivity index (χ0n) is 17.9. The summed E-state index contributed by atoms with van der Waals surface area (Å²) in [4.78, 5) is 24.6. The molecule has 1 unspecified atom stereocenters. The fraction of sp³-hybridized carbons (Fsp3) is 0.348. The lowest BCUT2D eigenvalue weighted by Gasteiger charge is -2.34. The van der Waals surface area contributed by atoms with Crippen LogP contribution in [0.3, 0.4) is 0 Å². The van der Waals surface area contributed by atoms with Crippen molar-refractivity contribution in [2.75, 3.05) is 18.1 Å². The van der Waals surface area contributed by atoms with Crippen molar-refractivity contribution in [2.45, 2.75) is 44.0 Å². The SMILES string of the molecule is Cc1ccc2c(Nc3ccc(S(C)(=O)=O)cc3)c(C(=O)N3CCCCC3C)cnc2n1. The van der Waals surface area contributed by atoms with Crippen LogP contribution in [0.4, 0.5) is 11.4 Å². The summed E-state index contributed by atoms with van der Waals surface area (Å²) in [6.45, 7) is 4.70. The summed E-state index contributed by atoms with van der Waals surface area (Å²) in [6.07, 6.45) is 5.88. The van der Waals surface area contributed by atoms with Crippen molar-refractivity contribution in [2.24, 2.45) is 0 Å². The van der Waals surface area contributed by atoms with Gasteiger partial charge >= 0.3 is 0 Å². The number of sulfone groups is 1. The van der Waals surface area contributed by atoms with Gasteiger partial charge < -0.3 is 10.2 Å². The second kappa shape index (κ2) is 8.26. The van der Waals surface area contributed by atoms with Gasteiger partial charge in [-0.1, -0.05) is 0 Å². The van der Waals surface area contributed by atoms with Crippen molar-refractivity contribution in [1.82, 2.24) is 14.9 Å². The van der Waals surface area contributed by atoms with E-state index in [-0.39, 0.29) is 16.8 Å². The number of rotatable bonds is 4. The Hall–Kier alpha value is -3.00. The van der Waals surface area contributed by atoms with Crippen LogP contribution >= 0.6 is 0 Å². The highest BCUT2D eigenvalue weighted by molar-refractivity contribution is 7.90. The number of amides is 1. The van der Waals surface area contributed by atoms with Gasteiger partial charge in [-0.2, -0.15) is 0 Å². The number of fused-ring (bicyclic) bond motifs is 1. The Kier molecular flexibility index (Phi) is 5.66. The quantitative estimate of drug-likeness (QED) is 0.659. The van der Waals surface area contributed by atoms with Crippen molar-refractivity contribution in [1.29, 1.82) is 0 Å². The number of carbonyl (C=O) groups is 1. The van der Waals surface area contributed by atoms with Gasteiger partial charge in [0, 0.05) is 41.8 Å². The lowest BCUT2D eigenvalue weighted by molar-refractivity contribution is 0.0636. The van der Waals surface area contributed by atoms with Crippen LogP contribution < -0.4 is 5.32 Å². The molecular weight excluding hydrogens is 412 g/mol. The maximum absolute atomic E-state index is 13.5. The standard InChI is InChI=1S/C23H26N4O3S/c1-15-7-12-19-21(26-17-8-10-18(11-9-17)31(3,29)30)20(14-24-22(19)25-15)23(28)27-13-5-4-6-16(27)2/h7-12,14,16H,4-6,13H2,1-3H3,(H,24,25,26). The molecular formula is C23H26N4O3S. The van der Waals surface area contributed by atoms with Crippen LogP contribution in [-0.4, -0.2) is 48.0 Å². The van der Waals surface area contributed by atoms with Crippen molar-refractivity contribution in [3.05, 3.63) is 53.9 Å². The van der Waals surface area contributed by atoms with E-state index in [9.17, 15) is 13.2 Å². The number of nitrogens with zero attached hydrogens (tertiary/aromatic N) is 3. The molecule has 0 aliphatic carbocycles. The van der Waals surface area contributed by atoms with E-state index in [4.69, 9.17) is 0 Å². The average molecular weight is 439 g/mol. The van der Waals surface area contributed by atoms with Crippen molar-refractivity contribution < 1.29 is 13.2 Å².